The molecule has 1 aliphatic rings. The number of epoxide rings is 1. The summed E-state index contributed by atoms with van der Waals surface area (Å²) in [6.07, 6.45) is 0.915. The Morgan fingerprint density at radius 3 is 1.63 bits per heavy atom. The summed E-state index contributed by atoms with van der Waals surface area (Å²) < 4.78 is 31.9. The number of hydrogen-bond acceptors (Lipinski definition) is 1. The Morgan fingerprint density at radius 1 is 0.895 bits per heavy atom. The van der Waals surface area contributed by atoms with E-state index in [1.807, 2.05) is 6.92 Å². The molecule has 0 radical (unpaired) electrons. The van der Waals surface area contributed by atoms with Gasteiger partial charge in [-0.2, -0.15) is 0 Å². The van der Waals surface area contributed by atoms with Gasteiger partial charge >= 0.3 is 0 Å². The van der Waals surface area contributed by atoms with E-state index in [1.165, 1.54) is 24.3 Å². The molecule has 19 heavy (non-hydrogen) atoms. The smallest absolute Gasteiger partial charge is 0.145 e. The molecule has 1 saturated heterocycles. The molecule has 3 rings (SSSR count). The normalized spacial score (nSPS) is 20.3. The Bertz CT molecular complexity index is 529. The van der Waals surface area contributed by atoms with Crippen molar-refractivity contribution in [3.8, 4) is 0 Å². The van der Waals surface area contributed by atoms with Gasteiger partial charge in [0.15, 0.2) is 0 Å². The van der Waals surface area contributed by atoms with Crippen molar-refractivity contribution >= 4 is 0 Å². The van der Waals surface area contributed by atoms with Gasteiger partial charge in [-0.15, -0.1) is 0 Å². The van der Waals surface area contributed by atoms with Gasteiger partial charge < -0.3 is 4.74 Å². The van der Waals surface area contributed by atoms with Crippen LogP contribution in [0.25, 0.3) is 0 Å². The predicted octanol–water partition coefficient (Wildman–Crippen LogP) is 4.02. The van der Waals surface area contributed by atoms with Crippen molar-refractivity contribution in [1.82, 2.24) is 0 Å². The van der Waals surface area contributed by atoms with Crippen LogP contribution < -0.4 is 0 Å². The fourth-order valence-corrected chi connectivity index (χ4v) is 2.63. The maximum absolute atomic E-state index is 13.0. The summed E-state index contributed by atoms with van der Waals surface area (Å²) in [5, 5.41) is 0. The van der Waals surface area contributed by atoms with Crippen LogP contribution in [0.5, 0.6) is 0 Å². The van der Waals surface area contributed by atoms with Crippen molar-refractivity contribution in [2.24, 2.45) is 0 Å². The standard InChI is InChI=1S/C16H14F2O/c1-2-15-16(19-15,11-3-7-13(17)8-4-11)12-5-9-14(18)10-6-12/h3-10,15H,2H2,1H3. The van der Waals surface area contributed by atoms with Crippen LogP contribution in [0.15, 0.2) is 48.5 Å². The molecule has 98 valence electrons. The topological polar surface area (TPSA) is 12.5 Å². The fraction of sp³-hybridized carbons (Fsp3) is 0.250. The summed E-state index contributed by atoms with van der Waals surface area (Å²) >= 11 is 0. The molecule has 0 aliphatic carbocycles. The Kier molecular flexibility index (Phi) is 2.86. The van der Waals surface area contributed by atoms with E-state index in [1.54, 1.807) is 24.3 Å². The largest absolute Gasteiger partial charge is 0.356 e. The van der Waals surface area contributed by atoms with Crippen LogP contribution in [0.3, 0.4) is 0 Å². The van der Waals surface area contributed by atoms with Crippen molar-refractivity contribution in [3.63, 3.8) is 0 Å². The van der Waals surface area contributed by atoms with E-state index >= 15 is 0 Å². The van der Waals surface area contributed by atoms with Crippen LogP contribution in [0.1, 0.15) is 24.5 Å². The monoisotopic (exact) mass is 260 g/mol. The molecule has 1 heterocycles. The van der Waals surface area contributed by atoms with Crippen molar-refractivity contribution in [3.05, 3.63) is 71.3 Å². The first kappa shape index (κ1) is 12.3. The van der Waals surface area contributed by atoms with E-state index in [4.69, 9.17) is 4.74 Å². The molecule has 0 N–H and O–H groups in total. The molecule has 0 saturated carbocycles. The zero-order chi connectivity index (χ0) is 13.5. The van der Waals surface area contributed by atoms with Crippen molar-refractivity contribution in [1.29, 1.82) is 0 Å². The van der Waals surface area contributed by atoms with Gasteiger partial charge in [0, 0.05) is 0 Å². The van der Waals surface area contributed by atoms with Crippen LogP contribution >= 0.6 is 0 Å². The Morgan fingerprint density at radius 2 is 1.32 bits per heavy atom. The first-order chi connectivity index (χ1) is 9.16. The highest BCUT2D eigenvalue weighted by Gasteiger charge is 2.57. The summed E-state index contributed by atoms with van der Waals surface area (Å²) in [7, 11) is 0. The summed E-state index contributed by atoms with van der Waals surface area (Å²) in [6.45, 7) is 2.04. The maximum atomic E-state index is 13.0. The van der Waals surface area contributed by atoms with Gasteiger partial charge in [0.2, 0.25) is 0 Å². The van der Waals surface area contributed by atoms with Crippen LogP contribution in [0, 0.1) is 11.6 Å². The van der Waals surface area contributed by atoms with E-state index in [9.17, 15) is 8.78 Å². The van der Waals surface area contributed by atoms with E-state index in [0.29, 0.717) is 0 Å². The van der Waals surface area contributed by atoms with Crippen molar-refractivity contribution in [2.75, 3.05) is 0 Å². The minimum atomic E-state index is -0.545. The number of rotatable bonds is 3. The van der Waals surface area contributed by atoms with Crippen LogP contribution in [0.2, 0.25) is 0 Å². The lowest BCUT2D eigenvalue weighted by Crippen LogP contribution is -2.14. The zero-order valence-corrected chi connectivity index (χ0v) is 10.6. The van der Waals surface area contributed by atoms with Gasteiger partial charge in [-0.3, -0.25) is 0 Å². The molecule has 1 fully saturated rings. The third kappa shape index (κ3) is 1.94. The van der Waals surface area contributed by atoms with E-state index in [0.717, 1.165) is 17.5 Å². The minimum Gasteiger partial charge on any atom is -0.356 e. The molecular weight excluding hydrogens is 246 g/mol. The maximum Gasteiger partial charge on any atom is 0.145 e. The second-order valence-corrected chi connectivity index (χ2v) is 4.76. The highest BCUT2D eigenvalue weighted by Crippen LogP contribution is 2.52. The van der Waals surface area contributed by atoms with Gasteiger partial charge in [-0.05, 0) is 41.8 Å². The van der Waals surface area contributed by atoms with E-state index in [-0.39, 0.29) is 17.7 Å². The van der Waals surface area contributed by atoms with Crippen molar-refractivity contribution < 1.29 is 13.5 Å². The first-order valence-corrected chi connectivity index (χ1v) is 6.36. The van der Waals surface area contributed by atoms with Crippen LogP contribution in [-0.2, 0) is 10.3 Å². The Labute approximate surface area is 110 Å². The first-order valence-electron chi connectivity index (χ1n) is 6.36. The van der Waals surface area contributed by atoms with Gasteiger partial charge in [0.25, 0.3) is 0 Å². The number of ether oxygens (including phenoxy) is 1. The lowest BCUT2D eigenvalue weighted by molar-refractivity contribution is 0.325. The van der Waals surface area contributed by atoms with E-state index < -0.39 is 5.60 Å². The van der Waals surface area contributed by atoms with Gasteiger partial charge in [-0.1, -0.05) is 31.2 Å². The molecule has 1 atom stereocenters. The van der Waals surface area contributed by atoms with Gasteiger partial charge in [0.1, 0.15) is 17.2 Å². The summed E-state index contributed by atoms with van der Waals surface area (Å²) in [5.41, 5.74) is 1.27. The molecule has 0 bridgehead atoms. The minimum absolute atomic E-state index is 0.0587. The van der Waals surface area contributed by atoms with Gasteiger partial charge in [0.05, 0.1) is 6.10 Å². The Balaban J connectivity index is 2.05. The lowest BCUT2D eigenvalue weighted by atomic mass is 9.87. The van der Waals surface area contributed by atoms with Gasteiger partial charge in [-0.25, -0.2) is 8.78 Å². The molecule has 2 aromatic carbocycles. The molecule has 1 aliphatic heterocycles. The molecule has 0 amide bonds. The number of hydrogen-bond donors (Lipinski definition) is 0. The molecule has 2 aromatic rings. The Hall–Kier alpha value is -1.74. The average Bonchev–Trinajstić information content (AvgIpc) is 3.16. The second kappa shape index (κ2) is 4.42. The zero-order valence-electron chi connectivity index (χ0n) is 10.6. The molecule has 0 aromatic heterocycles. The number of halogens is 2. The van der Waals surface area contributed by atoms with E-state index in [2.05, 4.69) is 0 Å². The molecule has 0 spiro atoms. The molecule has 3 heteroatoms. The third-order valence-corrected chi connectivity index (χ3v) is 3.64. The SMILES string of the molecule is CCC1OC1(c1ccc(F)cc1)c1ccc(F)cc1. The van der Waals surface area contributed by atoms with Crippen molar-refractivity contribution in [2.45, 2.75) is 25.0 Å². The number of benzene rings is 2. The molecule has 1 unspecified atom stereocenters. The highest BCUT2D eigenvalue weighted by molar-refractivity contribution is 5.43. The van der Waals surface area contributed by atoms with Crippen LogP contribution in [0.4, 0.5) is 8.78 Å². The fourth-order valence-electron chi connectivity index (χ4n) is 2.63. The highest BCUT2D eigenvalue weighted by atomic mass is 19.1. The second-order valence-electron chi connectivity index (χ2n) is 4.76. The lowest BCUT2D eigenvalue weighted by Gasteiger charge is -2.14. The summed E-state index contributed by atoms with van der Waals surface area (Å²) in [4.78, 5) is 0. The third-order valence-electron chi connectivity index (χ3n) is 3.64. The summed E-state index contributed by atoms with van der Waals surface area (Å²) in [5.74, 6) is -0.543. The average molecular weight is 260 g/mol. The molecule has 1 nitrogen and oxygen atoms in total. The molecular formula is C16H14F2O. The van der Waals surface area contributed by atoms with Crippen LogP contribution in [-0.4, -0.2) is 6.10 Å². The summed E-state index contributed by atoms with van der Waals surface area (Å²) in [6, 6.07) is 12.6. The predicted molar refractivity (Wildman–Crippen MR) is 68.7 cm³/mol. The quantitative estimate of drug-likeness (QED) is 0.759.